The van der Waals surface area contributed by atoms with Crippen LogP contribution in [0.4, 0.5) is 0 Å². The molecule has 2 atom stereocenters. The largest absolute Gasteiger partial charge is 0.480 e. The van der Waals surface area contributed by atoms with E-state index in [2.05, 4.69) is 15.9 Å². The number of benzene rings is 3. The Morgan fingerprint density at radius 1 is 1.06 bits per heavy atom. The number of fused-ring (bicyclic) bond motifs is 1. The predicted octanol–water partition coefficient (Wildman–Crippen LogP) is 5.68. The normalized spacial score (nSPS) is 14.1. The van der Waals surface area contributed by atoms with E-state index in [-0.39, 0.29) is 6.42 Å². The molecule has 0 aliphatic heterocycles. The molecule has 1 aromatic heterocycles. The highest BCUT2D eigenvalue weighted by Gasteiger charge is 2.51. The Balaban J connectivity index is 2.16. The SMILES string of the molecule is Cn1cc(C(C(=O)O)(c2ccccc2)C(CC=O)c2ccccc2)c2cc(Br)ccc21. The van der Waals surface area contributed by atoms with Crippen molar-refractivity contribution in [3.8, 4) is 0 Å². The maximum absolute atomic E-state index is 13.3. The molecule has 31 heavy (non-hydrogen) atoms. The Bertz CT molecular complexity index is 1230. The van der Waals surface area contributed by atoms with Crippen LogP contribution >= 0.6 is 15.9 Å². The van der Waals surface area contributed by atoms with Crippen LogP contribution in [-0.2, 0) is 22.1 Å². The smallest absolute Gasteiger partial charge is 0.319 e. The van der Waals surface area contributed by atoms with Crippen LogP contribution < -0.4 is 0 Å². The van der Waals surface area contributed by atoms with Gasteiger partial charge in [-0.25, -0.2) is 0 Å². The number of hydrogen-bond donors (Lipinski definition) is 1. The van der Waals surface area contributed by atoms with Crippen molar-refractivity contribution >= 4 is 39.1 Å². The maximum atomic E-state index is 13.3. The van der Waals surface area contributed by atoms with E-state index in [1.807, 2.05) is 96.7 Å². The van der Waals surface area contributed by atoms with Crippen molar-refractivity contribution in [1.29, 1.82) is 0 Å². The minimum Gasteiger partial charge on any atom is -0.480 e. The minimum absolute atomic E-state index is 0.0790. The van der Waals surface area contributed by atoms with E-state index >= 15 is 0 Å². The Morgan fingerprint density at radius 2 is 1.71 bits per heavy atom. The molecule has 4 rings (SSSR count). The number of halogens is 1. The number of aliphatic carboxylic acids is 1. The summed E-state index contributed by atoms with van der Waals surface area (Å²) in [7, 11) is 1.91. The van der Waals surface area contributed by atoms with Gasteiger partial charge in [0.2, 0.25) is 0 Å². The molecule has 0 saturated heterocycles. The van der Waals surface area contributed by atoms with Gasteiger partial charge in [-0.15, -0.1) is 0 Å². The van der Waals surface area contributed by atoms with Crippen LogP contribution in [0.5, 0.6) is 0 Å². The van der Waals surface area contributed by atoms with Gasteiger partial charge in [-0.2, -0.15) is 0 Å². The van der Waals surface area contributed by atoms with E-state index in [1.54, 1.807) is 0 Å². The number of carbonyl (C=O) groups excluding carboxylic acids is 1. The molecule has 3 aromatic carbocycles. The highest BCUT2D eigenvalue weighted by atomic mass is 79.9. The average molecular weight is 476 g/mol. The monoisotopic (exact) mass is 475 g/mol. The number of carbonyl (C=O) groups is 2. The summed E-state index contributed by atoms with van der Waals surface area (Å²) in [6, 6.07) is 24.5. The molecule has 1 N–H and O–H groups in total. The van der Waals surface area contributed by atoms with Crippen molar-refractivity contribution in [3.05, 3.63) is 106 Å². The summed E-state index contributed by atoms with van der Waals surface area (Å²) >= 11 is 3.54. The molecule has 4 nitrogen and oxygen atoms in total. The summed E-state index contributed by atoms with van der Waals surface area (Å²) in [5, 5.41) is 11.7. The second kappa shape index (κ2) is 8.52. The summed E-state index contributed by atoms with van der Waals surface area (Å²) in [6.07, 6.45) is 2.79. The zero-order chi connectivity index (χ0) is 22.0. The van der Waals surface area contributed by atoms with E-state index in [4.69, 9.17) is 0 Å². The van der Waals surface area contributed by atoms with Crippen molar-refractivity contribution in [1.82, 2.24) is 4.57 Å². The third-order valence-corrected chi connectivity index (χ3v) is 6.49. The third kappa shape index (κ3) is 3.49. The van der Waals surface area contributed by atoms with Crippen LogP contribution in [0.3, 0.4) is 0 Å². The second-order valence-electron chi connectivity index (χ2n) is 7.66. The lowest BCUT2D eigenvalue weighted by Gasteiger charge is -2.37. The van der Waals surface area contributed by atoms with E-state index in [0.717, 1.165) is 27.2 Å². The first-order valence-corrected chi connectivity index (χ1v) is 10.8. The second-order valence-corrected chi connectivity index (χ2v) is 8.58. The first-order valence-electron chi connectivity index (χ1n) is 10.0. The Morgan fingerprint density at radius 3 is 2.32 bits per heavy atom. The highest BCUT2D eigenvalue weighted by Crippen LogP contribution is 2.49. The van der Waals surface area contributed by atoms with Crippen LogP contribution in [0.1, 0.15) is 29.0 Å². The van der Waals surface area contributed by atoms with Gasteiger partial charge in [-0.3, -0.25) is 4.79 Å². The maximum Gasteiger partial charge on any atom is 0.319 e. The number of aryl methyl sites for hydroxylation is 1. The fourth-order valence-electron chi connectivity index (χ4n) is 4.66. The summed E-state index contributed by atoms with van der Waals surface area (Å²) in [6.45, 7) is 0. The van der Waals surface area contributed by atoms with E-state index in [9.17, 15) is 14.7 Å². The lowest BCUT2D eigenvalue weighted by molar-refractivity contribution is -0.143. The molecule has 2 unspecified atom stereocenters. The standard InChI is InChI=1S/C26H22BrNO3/c1-28-17-23(21-16-20(27)12-13-24(21)28)26(25(30)31,19-10-6-3-7-11-19)22(14-15-29)18-8-4-2-5-9-18/h2-13,15-17,22H,14H2,1H3,(H,30,31). The number of hydrogen-bond acceptors (Lipinski definition) is 2. The van der Waals surface area contributed by atoms with Gasteiger partial charge in [-0.05, 0) is 34.9 Å². The molecular formula is C26H22BrNO3. The molecule has 0 amide bonds. The number of rotatable bonds is 7. The number of aromatic nitrogens is 1. The summed E-state index contributed by atoms with van der Waals surface area (Å²) in [5.74, 6) is -1.57. The fourth-order valence-corrected chi connectivity index (χ4v) is 5.02. The third-order valence-electron chi connectivity index (χ3n) is 6.00. The molecule has 5 heteroatoms. The van der Waals surface area contributed by atoms with E-state index in [0.29, 0.717) is 11.1 Å². The van der Waals surface area contributed by atoms with Crippen molar-refractivity contribution < 1.29 is 14.7 Å². The van der Waals surface area contributed by atoms with Crippen LogP contribution in [-0.4, -0.2) is 21.9 Å². The summed E-state index contributed by atoms with van der Waals surface area (Å²) in [4.78, 5) is 25.2. The Labute approximate surface area is 189 Å². The lowest BCUT2D eigenvalue weighted by Crippen LogP contribution is -2.43. The fraction of sp³-hybridized carbons (Fsp3) is 0.154. The minimum atomic E-state index is -1.45. The van der Waals surface area contributed by atoms with Gasteiger partial charge in [0, 0.05) is 41.0 Å². The van der Waals surface area contributed by atoms with Gasteiger partial charge < -0.3 is 14.5 Å². The van der Waals surface area contributed by atoms with Crippen LogP contribution in [0.2, 0.25) is 0 Å². The average Bonchev–Trinajstić information content (AvgIpc) is 3.10. The van der Waals surface area contributed by atoms with Gasteiger partial charge in [0.25, 0.3) is 0 Å². The summed E-state index contributed by atoms with van der Waals surface area (Å²) in [5.41, 5.74) is 1.60. The van der Waals surface area contributed by atoms with Gasteiger partial charge in [0.1, 0.15) is 11.7 Å². The number of aldehydes is 1. The molecule has 4 aromatic rings. The molecule has 0 spiro atoms. The highest BCUT2D eigenvalue weighted by molar-refractivity contribution is 9.10. The number of nitrogens with zero attached hydrogens (tertiary/aromatic N) is 1. The number of carboxylic acids is 1. The molecule has 0 saturated carbocycles. The molecule has 0 radical (unpaired) electrons. The van der Waals surface area contributed by atoms with E-state index < -0.39 is 17.3 Å². The van der Waals surface area contributed by atoms with Gasteiger partial charge in [-0.1, -0.05) is 76.6 Å². The van der Waals surface area contributed by atoms with Gasteiger partial charge in [0.05, 0.1) is 0 Å². The van der Waals surface area contributed by atoms with Crippen LogP contribution in [0.15, 0.2) is 89.5 Å². The molecule has 0 aliphatic carbocycles. The van der Waals surface area contributed by atoms with Crippen LogP contribution in [0.25, 0.3) is 10.9 Å². The predicted molar refractivity (Wildman–Crippen MR) is 125 cm³/mol. The first-order chi connectivity index (χ1) is 15.0. The summed E-state index contributed by atoms with van der Waals surface area (Å²) < 4.78 is 2.81. The zero-order valence-electron chi connectivity index (χ0n) is 17.0. The lowest BCUT2D eigenvalue weighted by atomic mass is 9.62. The molecule has 0 bridgehead atoms. The topological polar surface area (TPSA) is 59.3 Å². The van der Waals surface area contributed by atoms with Crippen molar-refractivity contribution in [2.24, 2.45) is 7.05 Å². The van der Waals surface area contributed by atoms with Gasteiger partial charge >= 0.3 is 5.97 Å². The molecule has 0 aliphatic rings. The quantitative estimate of drug-likeness (QED) is 0.349. The zero-order valence-corrected chi connectivity index (χ0v) is 18.6. The van der Waals surface area contributed by atoms with Crippen molar-refractivity contribution in [3.63, 3.8) is 0 Å². The molecule has 156 valence electrons. The van der Waals surface area contributed by atoms with Crippen molar-refractivity contribution in [2.45, 2.75) is 17.8 Å². The van der Waals surface area contributed by atoms with Crippen LogP contribution in [0, 0.1) is 0 Å². The molecule has 0 fully saturated rings. The number of carboxylic acid groups (broad SMARTS) is 1. The van der Waals surface area contributed by atoms with Gasteiger partial charge in [0.15, 0.2) is 0 Å². The Kier molecular flexibility index (Phi) is 5.79. The molecular weight excluding hydrogens is 454 g/mol. The van der Waals surface area contributed by atoms with E-state index in [1.165, 1.54) is 0 Å². The molecule has 1 heterocycles. The van der Waals surface area contributed by atoms with Crippen molar-refractivity contribution in [2.75, 3.05) is 0 Å². The Hall–Kier alpha value is -3.18. The first kappa shape index (κ1) is 21.1.